The first-order chi connectivity index (χ1) is 14.1. The van der Waals surface area contributed by atoms with Crippen molar-refractivity contribution < 1.29 is 19.4 Å². The molecule has 1 fully saturated rings. The van der Waals surface area contributed by atoms with Crippen molar-refractivity contribution >= 4 is 29.4 Å². The molecule has 0 saturated heterocycles. The Morgan fingerprint density at radius 1 is 1.47 bits per heavy atom. The van der Waals surface area contributed by atoms with Crippen LogP contribution in [-0.4, -0.2) is 75.2 Å². The van der Waals surface area contributed by atoms with Crippen molar-refractivity contribution in [1.29, 1.82) is 0 Å². The molecule has 0 aliphatic heterocycles. The van der Waals surface area contributed by atoms with E-state index in [4.69, 9.17) is 9.47 Å². The van der Waals surface area contributed by atoms with Gasteiger partial charge in [0.2, 0.25) is 5.95 Å². The minimum absolute atomic E-state index is 0.0324. The zero-order chi connectivity index (χ0) is 22.1. The number of H-pyrrole nitrogens is 1. The number of nitrogens with one attached hydrogen (secondary N) is 1. The third-order valence-corrected chi connectivity index (χ3v) is 5.54. The van der Waals surface area contributed by atoms with Gasteiger partial charge >= 0.3 is 5.97 Å². The maximum absolute atomic E-state index is 12.3. The van der Waals surface area contributed by atoms with E-state index in [2.05, 4.69) is 19.9 Å². The lowest BCUT2D eigenvalue weighted by atomic mass is 9.99. The number of aromatic nitrogens is 4. The molecule has 0 spiro atoms. The van der Waals surface area contributed by atoms with Gasteiger partial charge in [-0.3, -0.25) is 19.1 Å². The number of rotatable bonds is 9. The molecule has 1 aliphatic rings. The van der Waals surface area contributed by atoms with Crippen LogP contribution < -0.4 is 5.56 Å². The molecule has 0 amide bonds. The van der Waals surface area contributed by atoms with Gasteiger partial charge in [0.05, 0.1) is 24.7 Å². The van der Waals surface area contributed by atoms with Crippen molar-refractivity contribution in [2.45, 2.75) is 40.0 Å². The lowest BCUT2D eigenvalue weighted by Gasteiger charge is -2.19. The first kappa shape index (κ1) is 21.9. The second-order valence-corrected chi connectivity index (χ2v) is 8.58. The highest BCUT2D eigenvalue weighted by Gasteiger charge is 2.63. The largest absolute Gasteiger partial charge is 0.462 e. The molecule has 30 heavy (non-hydrogen) atoms. The first-order valence-electron chi connectivity index (χ1n) is 9.63. The van der Waals surface area contributed by atoms with E-state index in [-0.39, 0.29) is 42.8 Å². The zero-order valence-electron chi connectivity index (χ0n) is 17.9. The van der Waals surface area contributed by atoms with Crippen LogP contribution in [0.1, 0.15) is 27.2 Å². The number of aromatic amines is 1. The number of fused-ring (bicyclic) bond motifs is 1. The molecule has 2 N–H and O–H groups in total. The molecule has 2 aromatic rings. The standard InChI is InChI=1S/C19H28N6O5/c1-18(2)8-19(18,3)16(28)29-7-12(6-26)30-11-25-10-20-13-14(25)22-17(23-15(13)27)21-9-24(4)5/h9-10,12,26H,6-8,11H2,1-5H3,(H,22,23,27)/b21-9-. The van der Waals surface area contributed by atoms with Crippen molar-refractivity contribution in [3.63, 3.8) is 0 Å². The van der Waals surface area contributed by atoms with Crippen LogP contribution in [0.15, 0.2) is 16.1 Å². The van der Waals surface area contributed by atoms with E-state index < -0.39 is 17.1 Å². The molecule has 3 rings (SSSR count). The van der Waals surface area contributed by atoms with E-state index in [1.54, 1.807) is 19.0 Å². The molecule has 11 heteroatoms. The second-order valence-electron chi connectivity index (χ2n) is 8.58. The summed E-state index contributed by atoms with van der Waals surface area (Å²) >= 11 is 0. The molecule has 2 aromatic heterocycles. The number of aliphatic hydroxyl groups excluding tert-OH is 1. The summed E-state index contributed by atoms with van der Waals surface area (Å²) in [6, 6.07) is 0. The normalized spacial score (nSPS) is 21.1. The summed E-state index contributed by atoms with van der Waals surface area (Å²) in [4.78, 5) is 41.2. The summed E-state index contributed by atoms with van der Waals surface area (Å²) in [5.74, 6) is -0.157. The Morgan fingerprint density at radius 2 is 2.17 bits per heavy atom. The number of nitrogens with zero attached hydrogens (tertiary/aromatic N) is 5. The Kier molecular flexibility index (Phi) is 5.95. The number of esters is 1. The Hall–Kier alpha value is -2.79. The Labute approximate surface area is 173 Å². The van der Waals surface area contributed by atoms with E-state index in [1.807, 2.05) is 20.8 Å². The highest BCUT2D eigenvalue weighted by Crippen LogP contribution is 2.63. The summed E-state index contributed by atoms with van der Waals surface area (Å²) in [6.07, 6.45) is 2.98. The van der Waals surface area contributed by atoms with Gasteiger partial charge in [-0.25, -0.2) is 9.98 Å². The molecule has 1 saturated carbocycles. The van der Waals surface area contributed by atoms with Crippen LogP contribution in [-0.2, 0) is 21.0 Å². The van der Waals surface area contributed by atoms with Gasteiger partial charge in [0.15, 0.2) is 11.2 Å². The van der Waals surface area contributed by atoms with Crippen molar-refractivity contribution in [2.24, 2.45) is 15.8 Å². The van der Waals surface area contributed by atoms with Crippen LogP contribution in [0, 0.1) is 10.8 Å². The predicted octanol–water partition coefficient (Wildman–Crippen LogP) is 0.655. The van der Waals surface area contributed by atoms with E-state index in [1.165, 1.54) is 17.2 Å². The number of hydrogen-bond acceptors (Lipinski definition) is 8. The monoisotopic (exact) mass is 420 g/mol. The van der Waals surface area contributed by atoms with Crippen LogP contribution in [0.3, 0.4) is 0 Å². The van der Waals surface area contributed by atoms with Crippen LogP contribution in [0.25, 0.3) is 11.2 Å². The molecular weight excluding hydrogens is 392 g/mol. The highest BCUT2D eigenvalue weighted by atomic mass is 16.6. The number of ether oxygens (including phenoxy) is 2. The number of imidazole rings is 1. The number of carbonyl (C=O) groups is 1. The SMILES string of the molecule is CN(C)/C=N\c1nc2c(ncn2COC(CO)COC(=O)C2(C)CC2(C)C)c(=O)[nH]1. The van der Waals surface area contributed by atoms with Gasteiger partial charge in [0.1, 0.15) is 19.4 Å². The molecule has 2 heterocycles. The average Bonchev–Trinajstić information content (AvgIpc) is 3.00. The van der Waals surface area contributed by atoms with Gasteiger partial charge in [-0.1, -0.05) is 13.8 Å². The summed E-state index contributed by atoms with van der Waals surface area (Å²) in [6.45, 7) is 5.48. The van der Waals surface area contributed by atoms with E-state index in [9.17, 15) is 14.7 Å². The minimum atomic E-state index is -0.718. The summed E-state index contributed by atoms with van der Waals surface area (Å²) in [7, 11) is 3.59. The van der Waals surface area contributed by atoms with Gasteiger partial charge in [-0.2, -0.15) is 4.98 Å². The lowest BCUT2D eigenvalue weighted by molar-refractivity contribution is -0.157. The van der Waals surface area contributed by atoms with Crippen LogP contribution in [0.4, 0.5) is 5.95 Å². The first-order valence-corrected chi connectivity index (χ1v) is 9.63. The predicted molar refractivity (Wildman–Crippen MR) is 109 cm³/mol. The van der Waals surface area contributed by atoms with Gasteiger partial charge in [0.25, 0.3) is 5.56 Å². The number of hydrogen-bond donors (Lipinski definition) is 2. The number of aliphatic hydroxyl groups is 1. The smallest absolute Gasteiger partial charge is 0.312 e. The fraction of sp³-hybridized carbons (Fsp3) is 0.632. The van der Waals surface area contributed by atoms with E-state index in [0.717, 1.165) is 6.42 Å². The minimum Gasteiger partial charge on any atom is -0.462 e. The summed E-state index contributed by atoms with van der Waals surface area (Å²) in [5, 5.41) is 9.58. The molecular formula is C19H28N6O5. The molecule has 11 nitrogen and oxygen atoms in total. The maximum Gasteiger partial charge on any atom is 0.312 e. The fourth-order valence-corrected chi connectivity index (χ4v) is 3.12. The molecule has 0 bridgehead atoms. The molecule has 2 unspecified atom stereocenters. The number of aliphatic imine (C=N–C) groups is 1. The van der Waals surface area contributed by atoms with Crippen LogP contribution in [0.2, 0.25) is 0 Å². The molecule has 0 radical (unpaired) electrons. The van der Waals surface area contributed by atoms with Crippen LogP contribution in [0.5, 0.6) is 0 Å². The maximum atomic E-state index is 12.3. The van der Waals surface area contributed by atoms with Crippen molar-refractivity contribution in [3.05, 3.63) is 16.7 Å². The zero-order valence-corrected chi connectivity index (χ0v) is 17.9. The van der Waals surface area contributed by atoms with Crippen LogP contribution >= 0.6 is 0 Å². The van der Waals surface area contributed by atoms with Crippen molar-refractivity contribution in [1.82, 2.24) is 24.4 Å². The lowest BCUT2D eigenvalue weighted by Crippen LogP contribution is -2.30. The van der Waals surface area contributed by atoms with Gasteiger partial charge in [0, 0.05) is 14.1 Å². The van der Waals surface area contributed by atoms with E-state index >= 15 is 0 Å². The molecule has 2 atom stereocenters. The molecule has 0 aromatic carbocycles. The fourth-order valence-electron chi connectivity index (χ4n) is 3.12. The highest BCUT2D eigenvalue weighted by molar-refractivity contribution is 5.81. The van der Waals surface area contributed by atoms with Crippen molar-refractivity contribution in [2.75, 3.05) is 27.3 Å². The average molecular weight is 420 g/mol. The summed E-state index contributed by atoms with van der Waals surface area (Å²) < 4.78 is 12.5. The third-order valence-electron chi connectivity index (χ3n) is 5.54. The van der Waals surface area contributed by atoms with Gasteiger partial charge < -0.3 is 19.5 Å². The summed E-state index contributed by atoms with van der Waals surface area (Å²) in [5.41, 5.74) is -0.551. The quantitative estimate of drug-likeness (QED) is 0.343. The number of carbonyl (C=O) groups excluding carboxylic acids is 1. The Bertz CT molecular complexity index is 1010. The molecule has 1 aliphatic carbocycles. The second kappa shape index (κ2) is 8.15. The topological polar surface area (TPSA) is 135 Å². The van der Waals surface area contributed by atoms with Gasteiger partial charge in [-0.05, 0) is 18.8 Å². The third kappa shape index (κ3) is 4.36. The van der Waals surface area contributed by atoms with Crippen molar-refractivity contribution in [3.8, 4) is 0 Å². The Morgan fingerprint density at radius 3 is 2.77 bits per heavy atom. The molecule has 164 valence electrons. The van der Waals surface area contributed by atoms with E-state index in [0.29, 0.717) is 5.65 Å². The Balaban J connectivity index is 1.65. The van der Waals surface area contributed by atoms with Gasteiger partial charge in [-0.15, -0.1) is 0 Å².